The van der Waals surface area contributed by atoms with Crippen molar-refractivity contribution in [3.05, 3.63) is 68.4 Å². The van der Waals surface area contributed by atoms with E-state index in [1.54, 1.807) is 6.07 Å². The van der Waals surface area contributed by atoms with E-state index in [1.165, 1.54) is 6.07 Å². The highest BCUT2D eigenvalue weighted by atomic mass is 79.9. The van der Waals surface area contributed by atoms with E-state index in [0.717, 1.165) is 27.7 Å². The van der Waals surface area contributed by atoms with E-state index in [0.29, 0.717) is 5.02 Å². The Morgan fingerprint density at radius 2 is 2.00 bits per heavy atom. The fourth-order valence-corrected chi connectivity index (χ4v) is 2.93. The van der Waals surface area contributed by atoms with Crippen LogP contribution in [0.25, 0.3) is 0 Å². The zero-order chi connectivity index (χ0) is 14.7. The molecule has 1 unspecified atom stereocenters. The number of benzene rings is 2. The molecule has 0 aliphatic carbocycles. The van der Waals surface area contributed by atoms with E-state index in [4.69, 9.17) is 11.6 Å². The molecule has 2 aromatic carbocycles. The maximum atomic E-state index is 13.7. The standard InChI is InChI=1S/C16H16BrClFN/c1-3-20-16(11-6-10(2)7-13(19)8-11)14-9-12(18)4-5-15(14)17/h4-9,16,20H,3H2,1-2H3. The summed E-state index contributed by atoms with van der Waals surface area (Å²) in [5.74, 6) is -0.221. The average Bonchev–Trinajstić information content (AvgIpc) is 2.38. The highest BCUT2D eigenvalue weighted by Gasteiger charge is 2.17. The molecule has 0 heterocycles. The first-order chi connectivity index (χ1) is 9.51. The average molecular weight is 357 g/mol. The summed E-state index contributed by atoms with van der Waals surface area (Å²) in [7, 11) is 0. The number of rotatable bonds is 4. The van der Waals surface area contributed by atoms with E-state index in [9.17, 15) is 4.39 Å². The Morgan fingerprint density at radius 3 is 2.65 bits per heavy atom. The normalized spacial score (nSPS) is 12.4. The fraction of sp³-hybridized carbons (Fsp3) is 0.250. The maximum Gasteiger partial charge on any atom is 0.123 e. The van der Waals surface area contributed by atoms with Gasteiger partial charge >= 0.3 is 0 Å². The van der Waals surface area contributed by atoms with Crippen molar-refractivity contribution in [2.75, 3.05) is 6.54 Å². The molecule has 106 valence electrons. The van der Waals surface area contributed by atoms with Gasteiger partial charge in [-0.1, -0.05) is 40.5 Å². The Kier molecular flexibility index (Phi) is 5.19. The molecule has 0 aromatic heterocycles. The van der Waals surface area contributed by atoms with Crippen LogP contribution in [0.3, 0.4) is 0 Å². The first-order valence-corrected chi connectivity index (χ1v) is 7.63. The van der Waals surface area contributed by atoms with E-state index in [2.05, 4.69) is 21.2 Å². The van der Waals surface area contributed by atoms with E-state index in [-0.39, 0.29) is 11.9 Å². The van der Waals surface area contributed by atoms with Crippen molar-refractivity contribution < 1.29 is 4.39 Å². The molecule has 1 atom stereocenters. The first kappa shape index (κ1) is 15.5. The first-order valence-electron chi connectivity index (χ1n) is 6.46. The van der Waals surface area contributed by atoms with Gasteiger partial charge in [0.2, 0.25) is 0 Å². The van der Waals surface area contributed by atoms with Crippen molar-refractivity contribution in [2.24, 2.45) is 0 Å². The van der Waals surface area contributed by atoms with Crippen LogP contribution in [0.2, 0.25) is 5.02 Å². The van der Waals surface area contributed by atoms with Crippen LogP contribution < -0.4 is 5.32 Å². The van der Waals surface area contributed by atoms with Crippen molar-refractivity contribution in [3.63, 3.8) is 0 Å². The summed E-state index contributed by atoms with van der Waals surface area (Å²) < 4.78 is 14.6. The Hall–Kier alpha value is -0.900. The molecular formula is C16H16BrClFN. The quantitative estimate of drug-likeness (QED) is 0.789. The lowest BCUT2D eigenvalue weighted by Crippen LogP contribution is -2.22. The number of aryl methyl sites for hydroxylation is 1. The summed E-state index contributed by atoms with van der Waals surface area (Å²) in [5, 5.41) is 4.05. The highest BCUT2D eigenvalue weighted by molar-refractivity contribution is 9.10. The number of halogens is 3. The van der Waals surface area contributed by atoms with Gasteiger partial charge in [0.15, 0.2) is 0 Å². The van der Waals surface area contributed by atoms with Crippen LogP contribution in [0.1, 0.15) is 29.7 Å². The Labute approximate surface area is 132 Å². The predicted molar refractivity (Wildman–Crippen MR) is 85.8 cm³/mol. The summed E-state index contributed by atoms with van der Waals surface area (Å²) in [6.07, 6.45) is 0. The summed E-state index contributed by atoms with van der Waals surface area (Å²) in [6.45, 7) is 4.69. The summed E-state index contributed by atoms with van der Waals surface area (Å²) in [5.41, 5.74) is 2.80. The van der Waals surface area contributed by atoms with Gasteiger partial charge in [-0.25, -0.2) is 4.39 Å². The van der Waals surface area contributed by atoms with Gasteiger partial charge in [-0.05, 0) is 60.5 Å². The Balaban J connectivity index is 2.52. The molecule has 0 saturated carbocycles. The van der Waals surface area contributed by atoms with Crippen LogP contribution in [0.4, 0.5) is 4.39 Å². The number of hydrogen-bond acceptors (Lipinski definition) is 1. The molecule has 0 radical (unpaired) electrons. The van der Waals surface area contributed by atoms with Crippen molar-refractivity contribution in [3.8, 4) is 0 Å². The third-order valence-electron chi connectivity index (χ3n) is 3.08. The van der Waals surface area contributed by atoms with Gasteiger partial charge in [-0.15, -0.1) is 0 Å². The molecule has 20 heavy (non-hydrogen) atoms. The largest absolute Gasteiger partial charge is 0.306 e. The maximum absolute atomic E-state index is 13.7. The SMILES string of the molecule is CCNC(c1cc(C)cc(F)c1)c1cc(Cl)ccc1Br. The van der Waals surface area contributed by atoms with Gasteiger partial charge < -0.3 is 5.32 Å². The molecular weight excluding hydrogens is 341 g/mol. The molecule has 0 bridgehead atoms. The van der Waals surface area contributed by atoms with Crippen LogP contribution in [0.5, 0.6) is 0 Å². The summed E-state index contributed by atoms with van der Waals surface area (Å²) in [6, 6.07) is 10.6. The number of hydrogen-bond donors (Lipinski definition) is 1. The fourth-order valence-electron chi connectivity index (χ4n) is 2.28. The van der Waals surface area contributed by atoms with E-state index in [1.807, 2.05) is 38.1 Å². The highest BCUT2D eigenvalue weighted by Crippen LogP contribution is 2.31. The third-order valence-corrected chi connectivity index (χ3v) is 4.03. The van der Waals surface area contributed by atoms with Crippen molar-refractivity contribution in [1.82, 2.24) is 5.32 Å². The van der Waals surface area contributed by atoms with Crippen LogP contribution in [0.15, 0.2) is 40.9 Å². The second kappa shape index (κ2) is 6.70. The van der Waals surface area contributed by atoms with Gasteiger partial charge in [-0.3, -0.25) is 0 Å². The summed E-state index contributed by atoms with van der Waals surface area (Å²) >= 11 is 9.63. The molecule has 2 aromatic rings. The van der Waals surface area contributed by atoms with Gasteiger partial charge in [0.05, 0.1) is 6.04 Å². The van der Waals surface area contributed by atoms with E-state index >= 15 is 0 Å². The van der Waals surface area contributed by atoms with Crippen LogP contribution in [0, 0.1) is 12.7 Å². The van der Waals surface area contributed by atoms with Gasteiger partial charge in [0.25, 0.3) is 0 Å². The van der Waals surface area contributed by atoms with Crippen molar-refractivity contribution >= 4 is 27.5 Å². The lowest BCUT2D eigenvalue weighted by Gasteiger charge is -2.21. The molecule has 0 saturated heterocycles. The molecule has 1 N–H and O–H groups in total. The molecule has 0 aliphatic rings. The Bertz CT molecular complexity index is 595. The molecule has 0 aliphatic heterocycles. The van der Waals surface area contributed by atoms with E-state index < -0.39 is 0 Å². The van der Waals surface area contributed by atoms with Crippen molar-refractivity contribution in [1.29, 1.82) is 0 Å². The molecule has 2 rings (SSSR count). The van der Waals surface area contributed by atoms with Gasteiger partial charge in [-0.2, -0.15) is 0 Å². The smallest absolute Gasteiger partial charge is 0.123 e. The molecule has 4 heteroatoms. The Morgan fingerprint density at radius 1 is 1.25 bits per heavy atom. The zero-order valence-electron chi connectivity index (χ0n) is 11.4. The number of nitrogens with one attached hydrogen (secondary N) is 1. The van der Waals surface area contributed by atoms with Crippen molar-refractivity contribution in [2.45, 2.75) is 19.9 Å². The zero-order valence-corrected chi connectivity index (χ0v) is 13.7. The van der Waals surface area contributed by atoms with Gasteiger partial charge in [0.1, 0.15) is 5.82 Å². The monoisotopic (exact) mass is 355 g/mol. The predicted octanol–water partition coefficient (Wildman–Crippen LogP) is 5.25. The molecule has 1 nitrogen and oxygen atoms in total. The minimum Gasteiger partial charge on any atom is -0.306 e. The second-order valence-corrected chi connectivity index (χ2v) is 6.01. The van der Waals surface area contributed by atoms with Gasteiger partial charge in [0, 0.05) is 9.50 Å². The second-order valence-electron chi connectivity index (χ2n) is 4.72. The van der Waals surface area contributed by atoms with Crippen LogP contribution in [-0.2, 0) is 0 Å². The minimum atomic E-state index is -0.221. The third kappa shape index (κ3) is 3.60. The molecule has 0 spiro atoms. The topological polar surface area (TPSA) is 12.0 Å². The minimum absolute atomic E-state index is 0.0949. The lowest BCUT2D eigenvalue weighted by atomic mass is 9.97. The van der Waals surface area contributed by atoms with Crippen LogP contribution in [-0.4, -0.2) is 6.54 Å². The van der Waals surface area contributed by atoms with Crippen LogP contribution >= 0.6 is 27.5 Å². The molecule has 0 amide bonds. The molecule has 0 fully saturated rings. The lowest BCUT2D eigenvalue weighted by molar-refractivity contribution is 0.601. The summed E-state index contributed by atoms with van der Waals surface area (Å²) in [4.78, 5) is 0.